The van der Waals surface area contributed by atoms with Gasteiger partial charge in [-0.25, -0.2) is 4.79 Å². The molecular weight excluding hydrogens is 276 g/mol. The van der Waals surface area contributed by atoms with E-state index in [9.17, 15) is 4.79 Å². The Hall–Kier alpha value is -2.49. The maximum Gasteiger partial charge on any atom is 0.319 e. The average Bonchev–Trinajstić information content (AvgIpc) is 2.53. The summed E-state index contributed by atoms with van der Waals surface area (Å²) in [5.41, 5.74) is 3.06. The third kappa shape index (κ3) is 5.13. The molecule has 4 nitrogen and oxygen atoms in total. The van der Waals surface area contributed by atoms with Gasteiger partial charge in [-0.15, -0.1) is 0 Å². The normalized spacial score (nSPS) is 10.1. The Balaban J connectivity index is 1.90. The molecule has 0 aliphatic rings. The number of ether oxygens (including phenoxy) is 1. The molecule has 116 valence electrons. The number of carbonyl (C=O) groups is 1. The van der Waals surface area contributed by atoms with Gasteiger partial charge < -0.3 is 15.4 Å². The average molecular weight is 298 g/mol. The Morgan fingerprint density at radius 3 is 2.64 bits per heavy atom. The van der Waals surface area contributed by atoms with Gasteiger partial charge in [0, 0.05) is 18.3 Å². The van der Waals surface area contributed by atoms with Gasteiger partial charge in [-0.1, -0.05) is 42.8 Å². The lowest BCUT2D eigenvalue weighted by molar-refractivity contribution is 0.252. The Labute approximate surface area is 131 Å². The Morgan fingerprint density at radius 2 is 1.91 bits per heavy atom. The predicted molar refractivity (Wildman–Crippen MR) is 89.3 cm³/mol. The van der Waals surface area contributed by atoms with Gasteiger partial charge in [-0.05, 0) is 31.0 Å². The van der Waals surface area contributed by atoms with Crippen LogP contribution in [-0.4, -0.2) is 12.6 Å². The second kappa shape index (κ2) is 8.08. The fraction of sp³-hybridized carbons (Fsp3) is 0.278. The third-order valence-corrected chi connectivity index (χ3v) is 3.15. The molecule has 0 fully saturated rings. The maximum atomic E-state index is 11.6. The van der Waals surface area contributed by atoms with Crippen LogP contribution in [0.2, 0.25) is 0 Å². The van der Waals surface area contributed by atoms with Crippen molar-refractivity contribution in [2.75, 3.05) is 11.9 Å². The minimum absolute atomic E-state index is 0.197. The SMILES string of the molecule is CCCNC(=O)Nc1cccc(OCc2ccc(C)cc2)c1. The summed E-state index contributed by atoms with van der Waals surface area (Å²) in [7, 11) is 0. The van der Waals surface area contributed by atoms with E-state index in [-0.39, 0.29) is 6.03 Å². The number of hydrogen-bond donors (Lipinski definition) is 2. The summed E-state index contributed by atoms with van der Waals surface area (Å²) in [6, 6.07) is 15.4. The van der Waals surface area contributed by atoms with E-state index in [0.29, 0.717) is 13.2 Å². The molecule has 0 aliphatic carbocycles. The molecule has 0 radical (unpaired) electrons. The van der Waals surface area contributed by atoms with Crippen LogP contribution in [0.3, 0.4) is 0 Å². The first-order valence-corrected chi connectivity index (χ1v) is 7.50. The largest absolute Gasteiger partial charge is 0.489 e. The molecule has 2 aromatic rings. The number of hydrogen-bond acceptors (Lipinski definition) is 2. The van der Waals surface area contributed by atoms with Gasteiger partial charge in [0.05, 0.1) is 0 Å². The standard InChI is InChI=1S/C18H22N2O2/c1-3-11-19-18(21)20-16-5-4-6-17(12-16)22-13-15-9-7-14(2)8-10-15/h4-10,12H,3,11,13H2,1-2H3,(H2,19,20,21). The van der Waals surface area contributed by atoms with Crippen molar-refractivity contribution < 1.29 is 9.53 Å². The number of rotatable bonds is 6. The van der Waals surface area contributed by atoms with E-state index in [2.05, 4.69) is 41.8 Å². The van der Waals surface area contributed by atoms with Crippen molar-refractivity contribution in [3.63, 3.8) is 0 Å². The van der Waals surface area contributed by atoms with Gasteiger partial charge in [0.1, 0.15) is 12.4 Å². The number of benzene rings is 2. The summed E-state index contributed by atoms with van der Waals surface area (Å²) in [5.74, 6) is 0.730. The number of carbonyl (C=O) groups excluding carboxylic acids is 1. The van der Waals surface area contributed by atoms with E-state index in [0.717, 1.165) is 23.4 Å². The summed E-state index contributed by atoms with van der Waals surface area (Å²) in [4.78, 5) is 11.6. The molecule has 0 aliphatic heterocycles. The van der Waals surface area contributed by atoms with Crippen LogP contribution in [0.4, 0.5) is 10.5 Å². The lowest BCUT2D eigenvalue weighted by atomic mass is 10.2. The first-order valence-electron chi connectivity index (χ1n) is 7.50. The molecule has 0 bridgehead atoms. The quantitative estimate of drug-likeness (QED) is 0.843. The molecule has 2 rings (SSSR count). The van der Waals surface area contributed by atoms with E-state index in [1.54, 1.807) is 0 Å². The maximum absolute atomic E-state index is 11.6. The van der Waals surface area contributed by atoms with Crippen LogP contribution in [0.25, 0.3) is 0 Å². The fourth-order valence-electron chi connectivity index (χ4n) is 1.93. The molecule has 0 saturated carbocycles. The zero-order valence-electron chi connectivity index (χ0n) is 13.1. The molecule has 2 amide bonds. The highest BCUT2D eigenvalue weighted by molar-refractivity contribution is 5.89. The van der Waals surface area contributed by atoms with Gasteiger partial charge >= 0.3 is 6.03 Å². The van der Waals surface area contributed by atoms with Gasteiger partial charge in [-0.3, -0.25) is 0 Å². The van der Waals surface area contributed by atoms with Crippen molar-refractivity contribution in [3.8, 4) is 5.75 Å². The Bertz CT molecular complexity index is 609. The topological polar surface area (TPSA) is 50.4 Å². The summed E-state index contributed by atoms with van der Waals surface area (Å²) < 4.78 is 5.76. The second-order valence-electron chi connectivity index (χ2n) is 5.18. The minimum atomic E-state index is -0.197. The molecule has 0 spiro atoms. The van der Waals surface area contributed by atoms with Crippen molar-refractivity contribution in [1.82, 2.24) is 5.32 Å². The number of urea groups is 1. The zero-order valence-corrected chi connectivity index (χ0v) is 13.1. The van der Waals surface area contributed by atoms with Crippen molar-refractivity contribution in [1.29, 1.82) is 0 Å². The van der Waals surface area contributed by atoms with E-state index >= 15 is 0 Å². The second-order valence-corrected chi connectivity index (χ2v) is 5.18. The number of amides is 2. The molecule has 4 heteroatoms. The zero-order chi connectivity index (χ0) is 15.8. The van der Waals surface area contributed by atoms with Crippen molar-refractivity contribution >= 4 is 11.7 Å². The van der Waals surface area contributed by atoms with Crippen molar-refractivity contribution in [2.45, 2.75) is 26.9 Å². The monoisotopic (exact) mass is 298 g/mol. The molecule has 2 N–H and O–H groups in total. The fourth-order valence-corrected chi connectivity index (χ4v) is 1.93. The summed E-state index contributed by atoms with van der Waals surface area (Å²) in [6.45, 7) is 5.24. The Morgan fingerprint density at radius 1 is 1.14 bits per heavy atom. The highest BCUT2D eigenvalue weighted by Crippen LogP contribution is 2.18. The van der Waals surface area contributed by atoms with Gasteiger partial charge in [-0.2, -0.15) is 0 Å². The molecule has 22 heavy (non-hydrogen) atoms. The van der Waals surface area contributed by atoms with Gasteiger partial charge in [0.25, 0.3) is 0 Å². The summed E-state index contributed by atoms with van der Waals surface area (Å²) in [6.07, 6.45) is 0.910. The first-order chi connectivity index (χ1) is 10.7. The van der Waals surface area contributed by atoms with Gasteiger partial charge in [0.2, 0.25) is 0 Å². The summed E-state index contributed by atoms with van der Waals surface area (Å²) >= 11 is 0. The van der Waals surface area contributed by atoms with Crippen LogP contribution in [0.15, 0.2) is 48.5 Å². The predicted octanol–water partition coefficient (Wildman–Crippen LogP) is 4.11. The molecule has 0 atom stereocenters. The molecule has 0 saturated heterocycles. The van der Waals surface area contributed by atoms with E-state index < -0.39 is 0 Å². The number of nitrogens with one attached hydrogen (secondary N) is 2. The number of aryl methyl sites for hydroxylation is 1. The molecule has 0 heterocycles. The molecule has 0 aromatic heterocycles. The third-order valence-electron chi connectivity index (χ3n) is 3.15. The van der Waals surface area contributed by atoms with Crippen LogP contribution >= 0.6 is 0 Å². The van der Waals surface area contributed by atoms with Crippen molar-refractivity contribution in [3.05, 3.63) is 59.7 Å². The number of anilines is 1. The van der Waals surface area contributed by atoms with Crippen LogP contribution < -0.4 is 15.4 Å². The van der Waals surface area contributed by atoms with Crippen LogP contribution in [0.5, 0.6) is 5.75 Å². The molecular formula is C18H22N2O2. The first kappa shape index (κ1) is 15.9. The van der Waals surface area contributed by atoms with E-state index in [4.69, 9.17) is 4.74 Å². The molecule has 0 unspecified atom stereocenters. The van der Waals surface area contributed by atoms with Crippen LogP contribution in [0, 0.1) is 6.92 Å². The minimum Gasteiger partial charge on any atom is -0.489 e. The Kier molecular flexibility index (Phi) is 5.83. The van der Waals surface area contributed by atoms with Crippen molar-refractivity contribution in [2.24, 2.45) is 0 Å². The lowest BCUT2D eigenvalue weighted by Crippen LogP contribution is -2.29. The molecule has 2 aromatic carbocycles. The highest BCUT2D eigenvalue weighted by atomic mass is 16.5. The highest BCUT2D eigenvalue weighted by Gasteiger charge is 2.02. The van der Waals surface area contributed by atoms with E-state index in [1.165, 1.54) is 5.56 Å². The van der Waals surface area contributed by atoms with Crippen LogP contribution in [0.1, 0.15) is 24.5 Å². The lowest BCUT2D eigenvalue weighted by Gasteiger charge is -2.10. The van der Waals surface area contributed by atoms with Gasteiger partial charge in [0.15, 0.2) is 0 Å². The van der Waals surface area contributed by atoms with Crippen LogP contribution in [-0.2, 0) is 6.61 Å². The van der Waals surface area contributed by atoms with E-state index in [1.807, 2.05) is 31.2 Å². The summed E-state index contributed by atoms with van der Waals surface area (Å²) in [5, 5.41) is 5.57. The smallest absolute Gasteiger partial charge is 0.319 e.